The number of amides is 1. The van der Waals surface area contributed by atoms with Crippen LogP contribution in [-0.4, -0.2) is 26.2 Å². The molecular weight excluding hydrogens is 408 g/mol. The fraction of sp³-hybridized carbons (Fsp3) is 0.520. The summed E-state index contributed by atoms with van der Waals surface area (Å²) in [7, 11) is 0. The standard InChI is InChI=1S/C25H31ClN4O/c1-16(2)24-28-14-19(15-29-24)25(31)30-23-21(17-6-4-3-5-7-17)12-13-27-22(23)18-8-10-20(26)11-9-18/h6,12-16,18,20H,3-5,7-11H2,1-2H3,(H,30,31). The molecule has 6 heteroatoms. The molecule has 0 atom stereocenters. The number of nitrogens with one attached hydrogen (secondary N) is 1. The van der Waals surface area contributed by atoms with Crippen molar-refractivity contribution in [1.29, 1.82) is 0 Å². The van der Waals surface area contributed by atoms with Crippen LogP contribution >= 0.6 is 11.6 Å². The maximum atomic E-state index is 13.2. The lowest BCUT2D eigenvalue weighted by atomic mass is 9.83. The first-order valence-corrected chi connectivity index (χ1v) is 11.9. The van der Waals surface area contributed by atoms with E-state index in [1.165, 1.54) is 18.4 Å². The Morgan fingerprint density at radius 2 is 1.84 bits per heavy atom. The highest BCUT2D eigenvalue weighted by Gasteiger charge is 2.27. The Bertz CT molecular complexity index is 946. The van der Waals surface area contributed by atoms with E-state index in [0.29, 0.717) is 11.5 Å². The van der Waals surface area contributed by atoms with E-state index in [-0.39, 0.29) is 17.2 Å². The summed E-state index contributed by atoms with van der Waals surface area (Å²) in [6, 6.07) is 2.04. The number of anilines is 1. The normalized spacial score (nSPS) is 21.6. The fourth-order valence-corrected chi connectivity index (χ4v) is 4.79. The molecule has 2 aliphatic carbocycles. The van der Waals surface area contributed by atoms with Crippen LogP contribution < -0.4 is 5.32 Å². The van der Waals surface area contributed by atoms with Crippen LogP contribution in [0.3, 0.4) is 0 Å². The monoisotopic (exact) mass is 438 g/mol. The van der Waals surface area contributed by atoms with Gasteiger partial charge in [0.2, 0.25) is 0 Å². The van der Waals surface area contributed by atoms with E-state index in [4.69, 9.17) is 16.6 Å². The highest BCUT2D eigenvalue weighted by molar-refractivity contribution is 6.20. The van der Waals surface area contributed by atoms with E-state index < -0.39 is 0 Å². The molecule has 0 saturated heterocycles. The third-order valence-corrected chi connectivity index (χ3v) is 6.79. The van der Waals surface area contributed by atoms with Crippen molar-refractivity contribution in [1.82, 2.24) is 15.0 Å². The minimum atomic E-state index is -0.187. The third kappa shape index (κ3) is 5.15. The van der Waals surface area contributed by atoms with Gasteiger partial charge < -0.3 is 5.32 Å². The summed E-state index contributed by atoms with van der Waals surface area (Å²) < 4.78 is 0. The molecule has 5 nitrogen and oxygen atoms in total. The topological polar surface area (TPSA) is 67.8 Å². The van der Waals surface area contributed by atoms with Gasteiger partial charge in [-0.05, 0) is 63.0 Å². The van der Waals surface area contributed by atoms with Crippen LogP contribution in [0.2, 0.25) is 0 Å². The summed E-state index contributed by atoms with van der Waals surface area (Å²) in [6.45, 7) is 4.08. The highest BCUT2D eigenvalue weighted by atomic mass is 35.5. The molecule has 2 aromatic rings. The first-order chi connectivity index (χ1) is 15.0. The number of allylic oxidation sites excluding steroid dienone is 2. The van der Waals surface area contributed by atoms with Gasteiger partial charge in [0, 0.05) is 41.4 Å². The fourth-order valence-electron chi connectivity index (χ4n) is 4.53. The largest absolute Gasteiger partial charge is 0.320 e. The van der Waals surface area contributed by atoms with Crippen molar-refractivity contribution in [3.05, 3.63) is 53.4 Å². The molecule has 2 aliphatic rings. The SMILES string of the molecule is CC(C)c1ncc(C(=O)Nc2c(C3=CCCCC3)ccnc2C2CCC(Cl)CC2)cn1. The number of pyridine rings is 1. The quantitative estimate of drug-likeness (QED) is 0.543. The number of carbonyl (C=O) groups excluding carboxylic acids is 1. The van der Waals surface area contributed by atoms with Crippen molar-refractivity contribution < 1.29 is 4.79 Å². The Morgan fingerprint density at radius 3 is 2.48 bits per heavy atom. The van der Waals surface area contributed by atoms with Crippen LogP contribution in [0.5, 0.6) is 0 Å². The first kappa shape index (κ1) is 21.9. The lowest BCUT2D eigenvalue weighted by Gasteiger charge is -2.28. The van der Waals surface area contributed by atoms with Crippen LogP contribution in [0.4, 0.5) is 5.69 Å². The van der Waals surface area contributed by atoms with Crippen molar-refractivity contribution in [3.8, 4) is 0 Å². The molecule has 0 spiro atoms. The maximum Gasteiger partial charge on any atom is 0.258 e. The van der Waals surface area contributed by atoms with Crippen LogP contribution in [0.25, 0.3) is 5.57 Å². The molecule has 2 heterocycles. The van der Waals surface area contributed by atoms with Crippen LogP contribution in [0.1, 0.15) is 104 Å². The van der Waals surface area contributed by atoms with Crippen molar-refractivity contribution in [2.24, 2.45) is 0 Å². The summed E-state index contributed by atoms with van der Waals surface area (Å²) in [5.41, 5.74) is 4.72. The number of halogens is 1. The first-order valence-electron chi connectivity index (χ1n) is 11.5. The molecule has 4 rings (SSSR count). The Balaban J connectivity index is 1.67. The van der Waals surface area contributed by atoms with Gasteiger partial charge in [0.05, 0.1) is 16.9 Å². The lowest BCUT2D eigenvalue weighted by Crippen LogP contribution is -2.20. The van der Waals surface area contributed by atoms with Crippen LogP contribution in [0.15, 0.2) is 30.7 Å². The van der Waals surface area contributed by atoms with E-state index >= 15 is 0 Å². The van der Waals surface area contributed by atoms with E-state index in [1.807, 2.05) is 26.1 Å². The van der Waals surface area contributed by atoms with Gasteiger partial charge >= 0.3 is 0 Å². The van der Waals surface area contributed by atoms with Gasteiger partial charge in [0.25, 0.3) is 5.91 Å². The molecule has 1 N–H and O–H groups in total. The second-order valence-corrected chi connectivity index (χ2v) is 9.60. The van der Waals surface area contributed by atoms with Crippen molar-refractivity contribution in [3.63, 3.8) is 0 Å². The molecule has 31 heavy (non-hydrogen) atoms. The molecule has 0 radical (unpaired) electrons. The number of hydrogen-bond donors (Lipinski definition) is 1. The van der Waals surface area contributed by atoms with E-state index in [2.05, 4.69) is 21.4 Å². The smallest absolute Gasteiger partial charge is 0.258 e. The Kier molecular flexibility index (Phi) is 7.01. The molecule has 1 fully saturated rings. The van der Waals surface area contributed by atoms with Gasteiger partial charge in [0.1, 0.15) is 5.82 Å². The van der Waals surface area contributed by atoms with Crippen molar-refractivity contribution >= 4 is 28.8 Å². The average Bonchev–Trinajstić information content (AvgIpc) is 2.80. The van der Waals surface area contributed by atoms with E-state index in [9.17, 15) is 4.79 Å². The lowest BCUT2D eigenvalue weighted by molar-refractivity contribution is 0.102. The van der Waals surface area contributed by atoms with Gasteiger partial charge in [-0.3, -0.25) is 9.78 Å². The summed E-state index contributed by atoms with van der Waals surface area (Å²) in [5.74, 6) is 1.09. The summed E-state index contributed by atoms with van der Waals surface area (Å²) in [5, 5.41) is 3.44. The number of nitrogens with zero attached hydrogens (tertiary/aromatic N) is 3. The zero-order chi connectivity index (χ0) is 21.8. The Morgan fingerprint density at radius 1 is 1.10 bits per heavy atom. The van der Waals surface area contributed by atoms with Gasteiger partial charge in [-0.25, -0.2) is 9.97 Å². The molecule has 2 aromatic heterocycles. The molecule has 0 aromatic carbocycles. The minimum Gasteiger partial charge on any atom is -0.320 e. The minimum absolute atomic E-state index is 0.187. The highest BCUT2D eigenvalue weighted by Crippen LogP contribution is 2.41. The molecule has 0 bridgehead atoms. The average molecular weight is 439 g/mol. The molecule has 0 unspecified atom stereocenters. The van der Waals surface area contributed by atoms with Crippen LogP contribution in [-0.2, 0) is 0 Å². The van der Waals surface area contributed by atoms with Gasteiger partial charge in [-0.1, -0.05) is 19.9 Å². The maximum absolute atomic E-state index is 13.2. The predicted octanol–water partition coefficient (Wildman–Crippen LogP) is 6.47. The predicted molar refractivity (Wildman–Crippen MR) is 126 cm³/mol. The van der Waals surface area contributed by atoms with E-state index in [1.54, 1.807) is 12.4 Å². The number of hydrogen-bond acceptors (Lipinski definition) is 4. The number of aromatic nitrogens is 3. The van der Waals surface area contributed by atoms with Gasteiger partial charge in [0.15, 0.2) is 0 Å². The van der Waals surface area contributed by atoms with Crippen molar-refractivity contribution in [2.45, 2.75) is 82.4 Å². The number of rotatable bonds is 5. The zero-order valence-corrected chi connectivity index (χ0v) is 19.2. The Labute approximate surface area is 189 Å². The second kappa shape index (κ2) is 9.90. The van der Waals surface area contributed by atoms with Gasteiger partial charge in [-0.2, -0.15) is 0 Å². The van der Waals surface area contributed by atoms with Crippen LogP contribution in [0, 0.1) is 0 Å². The molecule has 0 aliphatic heterocycles. The number of alkyl halides is 1. The summed E-state index contributed by atoms with van der Waals surface area (Å²) in [6.07, 6.45) is 15.9. The Hall–Kier alpha value is -2.27. The third-order valence-electron chi connectivity index (χ3n) is 6.35. The summed E-state index contributed by atoms with van der Waals surface area (Å²) in [4.78, 5) is 26.6. The molecule has 164 valence electrons. The molecular formula is C25H31ClN4O. The van der Waals surface area contributed by atoms with E-state index in [0.717, 1.165) is 61.3 Å². The molecule has 1 amide bonds. The zero-order valence-electron chi connectivity index (χ0n) is 18.4. The summed E-state index contributed by atoms with van der Waals surface area (Å²) >= 11 is 6.35. The van der Waals surface area contributed by atoms with Gasteiger partial charge in [-0.15, -0.1) is 11.6 Å². The van der Waals surface area contributed by atoms with Crippen molar-refractivity contribution in [2.75, 3.05) is 5.32 Å². The molecule has 1 saturated carbocycles. The number of carbonyl (C=O) groups is 1. The second-order valence-electron chi connectivity index (χ2n) is 8.98.